The van der Waals surface area contributed by atoms with Gasteiger partial charge in [-0.05, 0) is 55.0 Å². The molecule has 1 aliphatic rings. The van der Waals surface area contributed by atoms with Crippen LogP contribution in [0.4, 0.5) is 4.39 Å². The lowest BCUT2D eigenvalue weighted by atomic mass is 9.97. The molecule has 1 amide bonds. The predicted octanol–water partition coefficient (Wildman–Crippen LogP) is 3.71. The van der Waals surface area contributed by atoms with Crippen LogP contribution < -0.4 is 5.32 Å². The highest BCUT2D eigenvalue weighted by Gasteiger charge is 2.34. The molecule has 0 radical (unpaired) electrons. The van der Waals surface area contributed by atoms with Crippen LogP contribution in [-0.2, 0) is 0 Å². The van der Waals surface area contributed by atoms with Crippen LogP contribution in [-0.4, -0.2) is 17.0 Å². The molecule has 1 aliphatic carbocycles. The zero-order chi connectivity index (χ0) is 17.3. The molecule has 1 atom stereocenters. The van der Waals surface area contributed by atoms with Gasteiger partial charge < -0.3 is 10.4 Å². The minimum Gasteiger partial charge on any atom is -0.478 e. The molecule has 3 rings (SSSR count). The van der Waals surface area contributed by atoms with E-state index in [1.165, 1.54) is 12.1 Å². The zero-order valence-corrected chi connectivity index (χ0v) is 13.3. The van der Waals surface area contributed by atoms with Crippen molar-refractivity contribution < 1.29 is 19.1 Å². The minimum atomic E-state index is -1.23. The van der Waals surface area contributed by atoms with Crippen molar-refractivity contribution in [1.82, 2.24) is 5.32 Å². The summed E-state index contributed by atoms with van der Waals surface area (Å²) in [5.74, 6) is -2.22. The average Bonchev–Trinajstić information content (AvgIpc) is 3.37. The Morgan fingerprint density at radius 1 is 1.21 bits per heavy atom. The molecule has 124 valence electrons. The number of carbonyl (C=O) groups is 2. The van der Waals surface area contributed by atoms with Gasteiger partial charge in [-0.1, -0.05) is 24.3 Å². The van der Waals surface area contributed by atoms with Gasteiger partial charge in [0.05, 0.1) is 17.2 Å². The number of carboxylic acid groups (broad SMARTS) is 1. The molecule has 0 aliphatic heterocycles. The van der Waals surface area contributed by atoms with Gasteiger partial charge >= 0.3 is 5.97 Å². The number of aromatic carboxylic acids is 1. The number of hydrogen-bond acceptors (Lipinski definition) is 2. The second-order valence-electron chi connectivity index (χ2n) is 6.14. The predicted molar refractivity (Wildman–Crippen MR) is 87.5 cm³/mol. The first-order chi connectivity index (χ1) is 11.5. The Morgan fingerprint density at radius 3 is 2.50 bits per heavy atom. The molecule has 0 saturated heterocycles. The van der Waals surface area contributed by atoms with E-state index in [0.717, 1.165) is 30.0 Å². The molecule has 2 aromatic carbocycles. The fourth-order valence-corrected chi connectivity index (χ4v) is 2.87. The van der Waals surface area contributed by atoms with Gasteiger partial charge in [-0.15, -0.1) is 0 Å². The lowest BCUT2D eigenvalue weighted by Gasteiger charge is -2.21. The summed E-state index contributed by atoms with van der Waals surface area (Å²) in [5.41, 5.74) is 1.80. The van der Waals surface area contributed by atoms with Crippen molar-refractivity contribution in [2.75, 3.05) is 0 Å². The van der Waals surface area contributed by atoms with Gasteiger partial charge in [0.1, 0.15) is 5.82 Å². The highest BCUT2D eigenvalue weighted by atomic mass is 19.1. The van der Waals surface area contributed by atoms with Crippen LogP contribution in [0.1, 0.15) is 50.7 Å². The molecule has 1 fully saturated rings. The summed E-state index contributed by atoms with van der Waals surface area (Å²) in [6.45, 7) is 1.99. The number of rotatable bonds is 5. The summed E-state index contributed by atoms with van der Waals surface area (Å²) in [4.78, 5) is 23.3. The molecule has 0 bridgehead atoms. The van der Waals surface area contributed by atoms with Crippen molar-refractivity contribution in [3.63, 3.8) is 0 Å². The topological polar surface area (TPSA) is 66.4 Å². The van der Waals surface area contributed by atoms with Crippen LogP contribution in [0.2, 0.25) is 0 Å². The molecule has 4 nitrogen and oxygen atoms in total. The third-order valence-corrected chi connectivity index (χ3v) is 4.36. The first-order valence-corrected chi connectivity index (χ1v) is 7.86. The lowest BCUT2D eigenvalue weighted by molar-refractivity contribution is 0.0695. The van der Waals surface area contributed by atoms with Crippen LogP contribution in [0.3, 0.4) is 0 Å². The van der Waals surface area contributed by atoms with E-state index in [2.05, 4.69) is 5.32 Å². The molecule has 0 spiro atoms. The average molecular weight is 327 g/mol. The summed E-state index contributed by atoms with van der Waals surface area (Å²) in [7, 11) is 0. The van der Waals surface area contributed by atoms with Gasteiger partial charge in [0.15, 0.2) is 0 Å². The van der Waals surface area contributed by atoms with E-state index >= 15 is 0 Å². The fourth-order valence-electron chi connectivity index (χ4n) is 2.87. The molecule has 1 unspecified atom stereocenters. The van der Waals surface area contributed by atoms with Crippen LogP contribution in [0.25, 0.3) is 0 Å². The third kappa shape index (κ3) is 3.30. The smallest absolute Gasteiger partial charge is 0.335 e. The van der Waals surface area contributed by atoms with Crippen LogP contribution in [0, 0.1) is 18.7 Å². The van der Waals surface area contributed by atoms with E-state index in [1.807, 2.05) is 31.2 Å². The maximum atomic E-state index is 14.1. The highest BCUT2D eigenvalue weighted by Crippen LogP contribution is 2.42. The summed E-state index contributed by atoms with van der Waals surface area (Å²) in [6.07, 6.45) is 2.05. The van der Waals surface area contributed by atoms with Crippen molar-refractivity contribution in [2.24, 2.45) is 5.92 Å². The zero-order valence-electron chi connectivity index (χ0n) is 13.3. The number of aryl methyl sites for hydroxylation is 1. The first kappa shape index (κ1) is 16.2. The Balaban J connectivity index is 1.85. The van der Waals surface area contributed by atoms with Crippen LogP contribution >= 0.6 is 0 Å². The third-order valence-electron chi connectivity index (χ3n) is 4.36. The van der Waals surface area contributed by atoms with E-state index in [-0.39, 0.29) is 17.2 Å². The van der Waals surface area contributed by atoms with E-state index in [9.17, 15) is 14.0 Å². The number of amides is 1. The number of carboxylic acids is 1. The van der Waals surface area contributed by atoms with E-state index in [1.54, 1.807) is 0 Å². The number of nitrogens with one attached hydrogen (secondary N) is 1. The quantitative estimate of drug-likeness (QED) is 0.880. The van der Waals surface area contributed by atoms with Gasteiger partial charge in [-0.3, -0.25) is 4.79 Å². The number of hydrogen-bond donors (Lipinski definition) is 2. The standard InChI is InChI=1S/C19H18FNO3/c1-11-4-2-3-5-14(11)17(12-6-7-12)21-18(22)15-9-8-13(19(23)24)10-16(15)20/h2-5,8-10,12,17H,6-7H2,1H3,(H,21,22)(H,23,24). The molecular weight excluding hydrogens is 309 g/mol. The minimum absolute atomic E-state index is 0.140. The summed E-state index contributed by atoms with van der Waals surface area (Å²) in [6, 6.07) is 11.0. The second kappa shape index (κ2) is 6.43. The highest BCUT2D eigenvalue weighted by molar-refractivity contribution is 5.96. The van der Waals surface area contributed by atoms with Crippen molar-refractivity contribution in [2.45, 2.75) is 25.8 Å². The Kier molecular flexibility index (Phi) is 4.34. The van der Waals surface area contributed by atoms with Crippen molar-refractivity contribution >= 4 is 11.9 Å². The van der Waals surface area contributed by atoms with Gasteiger partial charge in [-0.25, -0.2) is 9.18 Å². The Morgan fingerprint density at radius 2 is 1.92 bits per heavy atom. The molecular formula is C19H18FNO3. The molecule has 2 N–H and O–H groups in total. The number of halogens is 1. The Labute approximate surface area is 139 Å². The van der Waals surface area contributed by atoms with Crippen LogP contribution in [0.15, 0.2) is 42.5 Å². The largest absolute Gasteiger partial charge is 0.478 e. The SMILES string of the molecule is Cc1ccccc1C(NC(=O)c1ccc(C(=O)O)cc1F)C1CC1. The van der Waals surface area contributed by atoms with Crippen molar-refractivity contribution in [1.29, 1.82) is 0 Å². The first-order valence-electron chi connectivity index (χ1n) is 7.86. The van der Waals surface area contributed by atoms with E-state index < -0.39 is 17.7 Å². The van der Waals surface area contributed by atoms with Gasteiger partial charge in [0.2, 0.25) is 0 Å². The second-order valence-corrected chi connectivity index (χ2v) is 6.14. The molecule has 0 aromatic heterocycles. The van der Waals surface area contributed by atoms with Crippen molar-refractivity contribution in [3.05, 3.63) is 70.5 Å². The lowest BCUT2D eigenvalue weighted by Crippen LogP contribution is -2.31. The monoisotopic (exact) mass is 327 g/mol. The van der Waals surface area contributed by atoms with Crippen molar-refractivity contribution in [3.8, 4) is 0 Å². The molecule has 1 saturated carbocycles. The summed E-state index contributed by atoms with van der Waals surface area (Å²) < 4.78 is 14.1. The van der Waals surface area contributed by atoms with Gasteiger partial charge in [0, 0.05) is 0 Å². The van der Waals surface area contributed by atoms with Gasteiger partial charge in [0.25, 0.3) is 5.91 Å². The number of carbonyl (C=O) groups excluding carboxylic acids is 1. The molecule has 5 heteroatoms. The maximum Gasteiger partial charge on any atom is 0.335 e. The molecule has 0 heterocycles. The normalized spacial score (nSPS) is 14.9. The van der Waals surface area contributed by atoms with Crippen LogP contribution in [0.5, 0.6) is 0 Å². The fraction of sp³-hybridized carbons (Fsp3) is 0.263. The summed E-state index contributed by atoms with van der Waals surface area (Å²) in [5, 5.41) is 11.8. The number of benzene rings is 2. The van der Waals surface area contributed by atoms with Gasteiger partial charge in [-0.2, -0.15) is 0 Å². The van der Waals surface area contributed by atoms with E-state index in [4.69, 9.17) is 5.11 Å². The maximum absolute atomic E-state index is 14.1. The Hall–Kier alpha value is -2.69. The Bertz CT molecular complexity index is 799. The van der Waals surface area contributed by atoms with E-state index in [0.29, 0.717) is 5.92 Å². The molecule has 24 heavy (non-hydrogen) atoms. The molecule has 2 aromatic rings. The summed E-state index contributed by atoms with van der Waals surface area (Å²) >= 11 is 0.